The first kappa shape index (κ1) is 14.4. The maximum absolute atomic E-state index is 12.8. The minimum Gasteiger partial charge on any atom is -0.394 e. The van der Waals surface area contributed by atoms with Gasteiger partial charge in [-0.1, -0.05) is 12.1 Å². The molecular weight excluding hydrogens is 247 g/mol. The standard InChI is InChI=1S/C14H21FN2O2/c15-12-3-1-11(2-4-12)14(16)5-6-17-7-8-19-13(9-17)10-18/h1-4,13-14,18H,5-10,16H2. The molecule has 0 saturated carbocycles. The van der Waals surface area contributed by atoms with Gasteiger partial charge in [0.2, 0.25) is 0 Å². The summed E-state index contributed by atoms with van der Waals surface area (Å²) in [5.41, 5.74) is 7.05. The van der Waals surface area contributed by atoms with Crippen molar-refractivity contribution in [2.24, 2.45) is 5.73 Å². The number of hydrogen-bond acceptors (Lipinski definition) is 4. The largest absolute Gasteiger partial charge is 0.394 e. The summed E-state index contributed by atoms with van der Waals surface area (Å²) in [6.07, 6.45) is 0.722. The highest BCUT2D eigenvalue weighted by Gasteiger charge is 2.20. The molecule has 1 saturated heterocycles. The maximum Gasteiger partial charge on any atom is 0.123 e. The summed E-state index contributed by atoms with van der Waals surface area (Å²) in [4.78, 5) is 2.24. The minimum absolute atomic E-state index is 0.0561. The maximum atomic E-state index is 12.8. The van der Waals surface area contributed by atoms with E-state index in [1.165, 1.54) is 12.1 Å². The number of nitrogens with two attached hydrogens (primary N) is 1. The van der Waals surface area contributed by atoms with Crippen molar-refractivity contribution in [2.45, 2.75) is 18.6 Å². The van der Waals surface area contributed by atoms with Gasteiger partial charge in [-0.25, -0.2) is 4.39 Å². The lowest BCUT2D eigenvalue weighted by Crippen LogP contribution is -2.44. The molecule has 4 nitrogen and oxygen atoms in total. The Balaban J connectivity index is 1.79. The lowest BCUT2D eigenvalue weighted by Gasteiger charge is -2.32. The van der Waals surface area contributed by atoms with Crippen molar-refractivity contribution >= 4 is 0 Å². The molecule has 1 heterocycles. The molecule has 1 aliphatic heterocycles. The summed E-state index contributed by atoms with van der Waals surface area (Å²) >= 11 is 0. The summed E-state index contributed by atoms with van der Waals surface area (Å²) < 4.78 is 18.2. The fourth-order valence-corrected chi connectivity index (χ4v) is 2.29. The predicted molar refractivity (Wildman–Crippen MR) is 71.2 cm³/mol. The average molecular weight is 268 g/mol. The van der Waals surface area contributed by atoms with Crippen LogP contribution >= 0.6 is 0 Å². The van der Waals surface area contributed by atoms with Crippen LogP contribution in [0.2, 0.25) is 0 Å². The predicted octanol–water partition coefficient (Wildman–Crippen LogP) is 0.909. The highest BCUT2D eigenvalue weighted by Crippen LogP contribution is 2.16. The fraction of sp³-hybridized carbons (Fsp3) is 0.571. The molecule has 0 amide bonds. The number of ether oxygens (including phenoxy) is 1. The zero-order chi connectivity index (χ0) is 13.7. The zero-order valence-electron chi connectivity index (χ0n) is 11.0. The van der Waals surface area contributed by atoms with Crippen molar-refractivity contribution < 1.29 is 14.2 Å². The Hall–Kier alpha value is -1.01. The second-order valence-corrected chi connectivity index (χ2v) is 4.92. The number of halogens is 1. The lowest BCUT2D eigenvalue weighted by atomic mass is 10.0. The zero-order valence-corrected chi connectivity index (χ0v) is 11.0. The average Bonchev–Trinajstić information content (AvgIpc) is 2.46. The number of morpholine rings is 1. The molecule has 1 aromatic carbocycles. The van der Waals surface area contributed by atoms with Crippen LogP contribution in [-0.2, 0) is 4.74 Å². The molecule has 2 atom stereocenters. The Labute approximate surface area is 113 Å². The van der Waals surface area contributed by atoms with Crippen molar-refractivity contribution in [2.75, 3.05) is 32.8 Å². The Bertz CT molecular complexity index is 386. The molecule has 1 aromatic rings. The molecule has 1 aliphatic rings. The molecule has 0 aliphatic carbocycles. The van der Waals surface area contributed by atoms with E-state index in [1.807, 2.05) is 0 Å². The molecule has 0 radical (unpaired) electrons. The molecule has 3 N–H and O–H groups in total. The van der Waals surface area contributed by atoms with Crippen molar-refractivity contribution in [3.63, 3.8) is 0 Å². The van der Waals surface area contributed by atoms with E-state index in [-0.39, 0.29) is 24.6 Å². The molecule has 2 unspecified atom stereocenters. The molecule has 2 rings (SSSR count). The van der Waals surface area contributed by atoms with Gasteiger partial charge >= 0.3 is 0 Å². The van der Waals surface area contributed by atoms with Crippen LogP contribution in [0.3, 0.4) is 0 Å². The smallest absolute Gasteiger partial charge is 0.123 e. The van der Waals surface area contributed by atoms with E-state index in [1.54, 1.807) is 12.1 Å². The number of aliphatic hydroxyl groups excluding tert-OH is 1. The topological polar surface area (TPSA) is 58.7 Å². The van der Waals surface area contributed by atoms with Crippen LogP contribution in [0.25, 0.3) is 0 Å². The van der Waals surface area contributed by atoms with Crippen LogP contribution in [0, 0.1) is 5.82 Å². The van der Waals surface area contributed by atoms with Crippen LogP contribution in [0.4, 0.5) is 4.39 Å². The third kappa shape index (κ3) is 4.24. The van der Waals surface area contributed by atoms with Crippen LogP contribution < -0.4 is 5.73 Å². The minimum atomic E-state index is -0.241. The summed E-state index contributed by atoms with van der Waals surface area (Å²) in [6.45, 7) is 3.18. The Morgan fingerprint density at radius 2 is 2.16 bits per heavy atom. The van der Waals surface area contributed by atoms with Crippen molar-refractivity contribution in [1.29, 1.82) is 0 Å². The van der Waals surface area contributed by atoms with E-state index in [0.717, 1.165) is 31.6 Å². The van der Waals surface area contributed by atoms with Gasteiger partial charge in [-0.15, -0.1) is 0 Å². The SMILES string of the molecule is NC(CCN1CCOC(CO)C1)c1ccc(F)cc1. The van der Waals surface area contributed by atoms with Crippen molar-refractivity contribution in [3.8, 4) is 0 Å². The van der Waals surface area contributed by atoms with Gasteiger partial charge in [-0.3, -0.25) is 4.90 Å². The first-order chi connectivity index (χ1) is 9.19. The second kappa shape index (κ2) is 6.96. The fourth-order valence-electron chi connectivity index (χ4n) is 2.29. The van der Waals surface area contributed by atoms with Crippen molar-refractivity contribution in [3.05, 3.63) is 35.6 Å². The number of hydrogen-bond donors (Lipinski definition) is 2. The van der Waals surface area contributed by atoms with Gasteiger partial charge in [0.25, 0.3) is 0 Å². The van der Waals surface area contributed by atoms with Gasteiger partial charge in [0.15, 0.2) is 0 Å². The first-order valence-electron chi connectivity index (χ1n) is 6.65. The Kier molecular flexibility index (Phi) is 5.27. The third-order valence-corrected chi connectivity index (χ3v) is 3.48. The Morgan fingerprint density at radius 3 is 2.84 bits per heavy atom. The molecular formula is C14H21FN2O2. The molecule has 1 fully saturated rings. The van der Waals surface area contributed by atoms with E-state index in [2.05, 4.69) is 4.90 Å². The second-order valence-electron chi connectivity index (χ2n) is 4.92. The van der Waals surface area contributed by atoms with Gasteiger partial charge in [0.05, 0.1) is 19.3 Å². The third-order valence-electron chi connectivity index (χ3n) is 3.48. The number of aliphatic hydroxyl groups is 1. The van der Waals surface area contributed by atoms with E-state index < -0.39 is 0 Å². The molecule has 106 valence electrons. The van der Waals surface area contributed by atoms with Crippen LogP contribution in [0.5, 0.6) is 0 Å². The highest BCUT2D eigenvalue weighted by atomic mass is 19.1. The van der Waals surface area contributed by atoms with Crippen LogP contribution in [0.15, 0.2) is 24.3 Å². The number of nitrogens with zero attached hydrogens (tertiary/aromatic N) is 1. The Morgan fingerprint density at radius 1 is 1.42 bits per heavy atom. The van der Waals surface area contributed by atoms with Crippen LogP contribution in [-0.4, -0.2) is 49.0 Å². The summed E-state index contributed by atoms with van der Waals surface area (Å²) in [6, 6.07) is 6.25. The van der Waals surface area contributed by atoms with Gasteiger partial charge in [0, 0.05) is 25.7 Å². The van der Waals surface area contributed by atoms with Gasteiger partial charge in [-0.2, -0.15) is 0 Å². The van der Waals surface area contributed by atoms with E-state index in [4.69, 9.17) is 15.6 Å². The van der Waals surface area contributed by atoms with Crippen LogP contribution in [0.1, 0.15) is 18.0 Å². The van der Waals surface area contributed by atoms with E-state index in [0.29, 0.717) is 6.61 Å². The van der Waals surface area contributed by atoms with Gasteiger partial charge in [0.1, 0.15) is 5.82 Å². The molecule has 0 bridgehead atoms. The molecule has 5 heteroatoms. The van der Waals surface area contributed by atoms with Crippen molar-refractivity contribution in [1.82, 2.24) is 4.90 Å². The summed E-state index contributed by atoms with van der Waals surface area (Å²) in [5, 5.41) is 9.08. The number of rotatable bonds is 5. The van der Waals surface area contributed by atoms with E-state index >= 15 is 0 Å². The highest BCUT2D eigenvalue weighted by molar-refractivity contribution is 5.19. The van der Waals surface area contributed by atoms with Gasteiger partial charge in [-0.05, 0) is 24.1 Å². The monoisotopic (exact) mass is 268 g/mol. The number of benzene rings is 1. The summed E-state index contributed by atoms with van der Waals surface area (Å²) in [7, 11) is 0. The molecule has 0 spiro atoms. The summed E-state index contributed by atoms with van der Waals surface area (Å²) in [5.74, 6) is -0.241. The lowest BCUT2D eigenvalue weighted by molar-refractivity contribution is -0.0531. The normalized spacial score (nSPS) is 22.4. The quantitative estimate of drug-likeness (QED) is 0.833. The van der Waals surface area contributed by atoms with E-state index in [9.17, 15) is 4.39 Å². The first-order valence-corrected chi connectivity index (χ1v) is 6.65. The molecule has 0 aromatic heterocycles. The molecule has 19 heavy (non-hydrogen) atoms. The van der Waals surface area contributed by atoms with Gasteiger partial charge < -0.3 is 15.6 Å².